The first-order valence-electron chi connectivity index (χ1n) is 4.87. The van der Waals surface area contributed by atoms with Gasteiger partial charge in [0.25, 0.3) is 5.91 Å². The third kappa shape index (κ3) is 2.40. The molecule has 0 unspecified atom stereocenters. The zero-order chi connectivity index (χ0) is 12.3. The summed E-state index contributed by atoms with van der Waals surface area (Å²) in [7, 11) is 0. The van der Waals surface area contributed by atoms with Gasteiger partial charge < -0.3 is 9.95 Å². The van der Waals surface area contributed by atoms with Crippen molar-refractivity contribution < 1.29 is 9.32 Å². The molecule has 4 N–H and O–H groups in total. The number of hydrogen-bond acceptors (Lipinski definition) is 6. The van der Waals surface area contributed by atoms with Gasteiger partial charge in [-0.25, -0.2) is 10.8 Å². The Bertz CT molecular complexity index is 537. The summed E-state index contributed by atoms with van der Waals surface area (Å²) in [6, 6.07) is 4.85. The normalized spacial score (nSPS) is 10.0. The Morgan fingerprint density at radius 1 is 1.53 bits per heavy atom. The summed E-state index contributed by atoms with van der Waals surface area (Å²) in [4.78, 5) is 15.8. The molecule has 0 spiro atoms. The van der Waals surface area contributed by atoms with E-state index in [-0.39, 0.29) is 11.8 Å². The van der Waals surface area contributed by atoms with E-state index in [9.17, 15) is 4.79 Å². The number of amides is 1. The number of hydrogen-bond donors (Lipinski definition) is 3. The molecule has 0 fully saturated rings. The molecule has 0 radical (unpaired) electrons. The quantitative estimate of drug-likeness (QED) is 0.537. The molecule has 1 amide bonds. The predicted molar refractivity (Wildman–Crippen MR) is 61.2 cm³/mol. The van der Waals surface area contributed by atoms with Gasteiger partial charge in [-0.05, 0) is 19.1 Å². The minimum atomic E-state index is -0.373. The van der Waals surface area contributed by atoms with Crippen LogP contribution in [0.25, 0.3) is 0 Å². The Kier molecular flexibility index (Phi) is 3.01. The summed E-state index contributed by atoms with van der Waals surface area (Å²) in [5, 5.41) is 6.21. The fourth-order valence-corrected chi connectivity index (χ4v) is 1.31. The number of nitrogens with two attached hydrogens (primary N) is 1. The van der Waals surface area contributed by atoms with Gasteiger partial charge in [-0.1, -0.05) is 5.16 Å². The summed E-state index contributed by atoms with van der Waals surface area (Å²) < 4.78 is 4.88. The lowest BCUT2D eigenvalue weighted by molar-refractivity contribution is 0.102. The predicted octanol–water partition coefficient (Wildman–Crippen LogP) is 0.916. The molecule has 2 aromatic heterocycles. The van der Waals surface area contributed by atoms with Gasteiger partial charge in [-0.3, -0.25) is 10.1 Å². The van der Waals surface area contributed by atoms with Crippen LogP contribution in [0.5, 0.6) is 0 Å². The second-order valence-electron chi connectivity index (χ2n) is 3.33. The average Bonchev–Trinajstić information content (AvgIpc) is 2.74. The third-order valence-corrected chi connectivity index (χ3v) is 2.05. The maximum Gasteiger partial charge on any atom is 0.261 e. The van der Waals surface area contributed by atoms with Crippen molar-refractivity contribution in [1.82, 2.24) is 10.1 Å². The number of carbonyl (C=O) groups excluding carboxylic acids is 1. The fraction of sp³-hybridized carbons (Fsp3) is 0.100. The highest BCUT2D eigenvalue weighted by Gasteiger charge is 2.13. The number of pyridine rings is 1. The number of carbonyl (C=O) groups is 1. The third-order valence-electron chi connectivity index (χ3n) is 2.05. The number of anilines is 2. The molecule has 0 saturated carbocycles. The Morgan fingerprint density at radius 2 is 2.35 bits per heavy atom. The van der Waals surface area contributed by atoms with Gasteiger partial charge in [0.05, 0.1) is 11.3 Å². The van der Waals surface area contributed by atoms with Gasteiger partial charge >= 0.3 is 0 Å². The highest BCUT2D eigenvalue weighted by Crippen LogP contribution is 2.14. The van der Waals surface area contributed by atoms with Crippen LogP contribution < -0.4 is 16.6 Å². The van der Waals surface area contributed by atoms with Gasteiger partial charge in [0, 0.05) is 12.3 Å². The van der Waals surface area contributed by atoms with E-state index in [2.05, 4.69) is 20.9 Å². The van der Waals surface area contributed by atoms with E-state index in [1.54, 1.807) is 25.1 Å². The molecule has 0 aliphatic heterocycles. The molecule has 2 rings (SSSR count). The van der Waals surface area contributed by atoms with E-state index < -0.39 is 0 Å². The highest BCUT2D eigenvalue weighted by molar-refractivity contribution is 6.06. The largest absolute Gasteiger partial charge is 0.338 e. The van der Waals surface area contributed by atoms with Crippen molar-refractivity contribution in [1.29, 1.82) is 0 Å². The first-order valence-corrected chi connectivity index (χ1v) is 4.87. The highest BCUT2D eigenvalue weighted by atomic mass is 16.5. The molecule has 88 valence electrons. The zero-order valence-corrected chi connectivity index (χ0v) is 9.10. The van der Waals surface area contributed by atoms with E-state index in [0.29, 0.717) is 17.1 Å². The van der Waals surface area contributed by atoms with Crippen LogP contribution in [0.15, 0.2) is 28.9 Å². The van der Waals surface area contributed by atoms with Crippen LogP contribution in [-0.2, 0) is 0 Å². The molecule has 0 bridgehead atoms. The summed E-state index contributed by atoms with van der Waals surface area (Å²) in [6.07, 6.45) is 1.53. The Morgan fingerprint density at radius 3 is 3.00 bits per heavy atom. The van der Waals surface area contributed by atoms with Crippen molar-refractivity contribution in [2.75, 3.05) is 10.7 Å². The Balaban J connectivity index is 2.20. The smallest absolute Gasteiger partial charge is 0.261 e. The van der Waals surface area contributed by atoms with Crippen LogP contribution in [0.3, 0.4) is 0 Å². The monoisotopic (exact) mass is 233 g/mol. The summed E-state index contributed by atoms with van der Waals surface area (Å²) >= 11 is 0. The Labute approximate surface area is 97.0 Å². The molecule has 7 heteroatoms. The lowest BCUT2D eigenvalue weighted by Crippen LogP contribution is -2.18. The molecule has 2 aromatic rings. The number of nitrogen functional groups attached to an aromatic ring is 1. The lowest BCUT2D eigenvalue weighted by atomic mass is 10.2. The van der Waals surface area contributed by atoms with Gasteiger partial charge in [-0.15, -0.1) is 0 Å². The van der Waals surface area contributed by atoms with Gasteiger partial charge in [0.1, 0.15) is 0 Å². The minimum absolute atomic E-state index is 0.277. The SMILES string of the molecule is Cc1cc(NC(=O)c2cccnc2NN)on1. The summed E-state index contributed by atoms with van der Waals surface area (Å²) in [6.45, 7) is 1.76. The topological polar surface area (TPSA) is 106 Å². The molecule has 0 aromatic carbocycles. The average molecular weight is 233 g/mol. The molecule has 7 nitrogen and oxygen atoms in total. The molecule has 0 aliphatic carbocycles. The van der Waals surface area contributed by atoms with Crippen LogP contribution in [0.2, 0.25) is 0 Å². The molecule has 0 aliphatic rings. The summed E-state index contributed by atoms with van der Waals surface area (Å²) in [5.41, 5.74) is 3.36. The zero-order valence-electron chi connectivity index (χ0n) is 9.10. The standard InChI is InChI=1S/C10H11N5O2/c1-6-5-8(17-15-6)13-10(16)7-3-2-4-12-9(7)14-11/h2-5H,11H2,1H3,(H,12,14)(H,13,16). The van der Waals surface area contributed by atoms with E-state index in [1.807, 2.05) is 0 Å². The number of rotatable bonds is 3. The van der Waals surface area contributed by atoms with Crippen LogP contribution in [0.1, 0.15) is 16.1 Å². The van der Waals surface area contributed by atoms with Crippen LogP contribution in [-0.4, -0.2) is 16.0 Å². The molecule has 0 atom stereocenters. The van der Waals surface area contributed by atoms with Crippen molar-refractivity contribution in [2.45, 2.75) is 6.92 Å². The van der Waals surface area contributed by atoms with Gasteiger partial charge in [-0.2, -0.15) is 0 Å². The number of aromatic nitrogens is 2. The van der Waals surface area contributed by atoms with Crippen molar-refractivity contribution in [3.05, 3.63) is 35.7 Å². The first-order chi connectivity index (χ1) is 8.20. The van der Waals surface area contributed by atoms with Crippen molar-refractivity contribution in [2.24, 2.45) is 5.84 Å². The Hall–Kier alpha value is -2.41. The van der Waals surface area contributed by atoms with Crippen molar-refractivity contribution in [3.63, 3.8) is 0 Å². The minimum Gasteiger partial charge on any atom is -0.338 e. The van der Waals surface area contributed by atoms with E-state index in [0.717, 1.165) is 0 Å². The number of hydrazine groups is 1. The second-order valence-corrected chi connectivity index (χ2v) is 3.33. The van der Waals surface area contributed by atoms with E-state index in [1.165, 1.54) is 6.20 Å². The van der Waals surface area contributed by atoms with E-state index >= 15 is 0 Å². The number of nitrogens with one attached hydrogen (secondary N) is 2. The maximum absolute atomic E-state index is 11.9. The molecular weight excluding hydrogens is 222 g/mol. The van der Waals surface area contributed by atoms with Crippen molar-refractivity contribution >= 4 is 17.6 Å². The van der Waals surface area contributed by atoms with Crippen molar-refractivity contribution in [3.8, 4) is 0 Å². The number of aryl methyl sites for hydroxylation is 1. The van der Waals surface area contributed by atoms with Crippen LogP contribution in [0.4, 0.5) is 11.7 Å². The maximum atomic E-state index is 11.9. The second kappa shape index (κ2) is 4.62. The van der Waals surface area contributed by atoms with Gasteiger partial charge in [0.2, 0.25) is 5.88 Å². The van der Waals surface area contributed by atoms with Crippen LogP contribution >= 0.6 is 0 Å². The van der Waals surface area contributed by atoms with Crippen LogP contribution in [0, 0.1) is 6.92 Å². The molecule has 2 heterocycles. The van der Waals surface area contributed by atoms with Gasteiger partial charge in [0.15, 0.2) is 5.82 Å². The molecular formula is C10H11N5O2. The summed E-state index contributed by atoms with van der Waals surface area (Å²) in [5.74, 6) is 5.45. The fourth-order valence-electron chi connectivity index (χ4n) is 1.31. The lowest BCUT2D eigenvalue weighted by Gasteiger charge is -2.05. The molecule has 0 saturated heterocycles. The first kappa shape index (κ1) is 11.1. The number of nitrogens with zero attached hydrogens (tertiary/aromatic N) is 2. The van der Waals surface area contributed by atoms with E-state index in [4.69, 9.17) is 10.4 Å². The molecule has 17 heavy (non-hydrogen) atoms.